The molecule has 0 spiro atoms. The van der Waals surface area contributed by atoms with E-state index in [1.165, 1.54) is 11.1 Å². The first-order valence-corrected chi connectivity index (χ1v) is 8.97. The number of pyridine rings is 2. The molecule has 0 fully saturated rings. The maximum absolute atomic E-state index is 14.1. The molecular weight excluding hydrogens is 335 g/mol. The van der Waals surface area contributed by atoms with Crippen molar-refractivity contribution in [2.45, 2.75) is 12.8 Å². The predicted molar refractivity (Wildman–Crippen MR) is 107 cm³/mol. The van der Waals surface area contributed by atoms with Crippen molar-refractivity contribution in [2.75, 3.05) is 0 Å². The molecule has 3 heteroatoms. The van der Waals surface area contributed by atoms with Crippen LogP contribution in [-0.2, 0) is 12.8 Å². The van der Waals surface area contributed by atoms with Gasteiger partial charge in [-0.2, -0.15) is 0 Å². The van der Waals surface area contributed by atoms with Gasteiger partial charge < -0.3 is 0 Å². The Labute approximate surface area is 158 Å². The van der Waals surface area contributed by atoms with Gasteiger partial charge in [-0.1, -0.05) is 30.3 Å². The molecule has 2 heterocycles. The van der Waals surface area contributed by atoms with Crippen LogP contribution >= 0.6 is 0 Å². The minimum atomic E-state index is -0.202. The van der Waals surface area contributed by atoms with Gasteiger partial charge in [0, 0.05) is 24.8 Å². The molecule has 2 aromatic carbocycles. The van der Waals surface area contributed by atoms with Crippen LogP contribution in [0, 0.1) is 5.82 Å². The van der Waals surface area contributed by atoms with Crippen molar-refractivity contribution in [2.24, 2.45) is 0 Å². The first-order valence-electron chi connectivity index (χ1n) is 8.97. The van der Waals surface area contributed by atoms with E-state index in [9.17, 15) is 4.39 Å². The SMILES string of the molecule is Fc1cc(CCc2ccc(-c3ccncc3)cc2)cc(-c2ccncc2)c1. The summed E-state index contributed by atoms with van der Waals surface area (Å²) in [5.74, 6) is -0.202. The summed E-state index contributed by atoms with van der Waals surface area (Å²) in [5, 5.41) is 0. The molecule has 0 radical (unpaired) electrons. The van der Waals surface area contributed by atoms with E-state index in [1.807, 2.05) is 24.3 Å². The molecule has 27 heavy (non-hydrogen) atoms. The van der Waals surface area contributed by atoms with Crippen LogP contribution in [0.25, 0.3) is 22.3 Å². The van der Waals surface area contributed by atoms with Crippen LogP contribution in [0.15, 0.2) is 91.5 Å². The van der Waals surface area contributed by atoms with Gasteiger partial charge in [-0.15, -0.1) is 0 Å². The average Bonchev–Trinajstić information content (AvgIpc) is 2.73. The Bertz CT molecular complexity index is 1010. The third-order valence-electron chi connectivity index (χ3n) is 4.64. The van der Waals surface area contributed by atoms with Crippen molar-refractivity contribution in [3.8, 4) is 22.3 Å². The fourth-order valence-electron chi connectivity index (χ4n) is 3.20. The van der Waals surface area contributed by atoms with Crippen LogP contribution in [0.3, 0.4) is 0 Å². The van der Waals surface area contributed by atoms with Gasteiger partial charge in [0.25, 0.3) is 0 Å². The van der Waals surface area contributed by atoms with E-state index in [-0.39, 0.29) is 5.82 Å². The molecule has 0 atom stereocenters. The zero-order valence-electron chi connectivity index (χ0n) is 14.8. The van der Waals surface area contributed by atoms with Gasteiger partial charge in [-0.05, 0) is 82.6 Å². The maximum Gasteiger partial charge on any atom is 0.124 e. The lowest BCUT2D eigenvalue weighted by Gasteiger charge is -2.08. The third-order valence-corrected chi connectivity index (χ3v) is 4.64. The molecule has 0 unspecified atom stereocenters. The molecular formula is C24H19FN2. The zero-order chi connectivity index (χ0) is 18.5. The number of halogens is 1. The third kappa shape index (κ3) is 4.26. The van der Waals surface area contributed by atoms with Gasteiger partial charge in [0.15, 0.2) is 0 Å². The van der Waals surface area contributed by atoms with Crippen LogP contribution in [0.5, 0.6) is 0 Å². The van der Waals surface area contributed by atoms with Gasteiger partial charge in [0.2, 0.25) is 0 Å². The minimum Gasteiger partial charge on any atom is -0.265 e. The fourth-order valence-corrected chi connectivity index (χ4v) is 3.20. The number of hydrogen-bond donors (Lipinski definition) is 0. The predicted octanol–water partition coefficient (Wildman–Crippen LogP) is 5.73. The Morgan fingerprint density at radius 3 is 1.67 bits per heavy atom. The molecule has 0 N–H and O–H groups in total. The summed E-state index contributed by atoms with van der Waals surface area (Å²) < 4.78 is 14.1. The highest BCUT2D eigenvalue weighted by atomic mass is 19.1. The van der Waals surface area contributed by atoms with Gasteiger partial charge >= 0.3 is 0 Å². The molecule has 0 bridgehead atoms. The fraction of sp³-hybridized carbons (Fsp3) is 0.0833. The van der Waals surface area contributed by atoms with E-state index >= 15 is 0 Å². The van der Waals surface area contributed by atoms with Crippen molar-refractivity contribution in [3.63, 3.8) is 0 Å². The molecule has 4 rings (SSSR count). The van der Waals surface area contributed by atoms with Crippen molar-refractivity contribution >= 4 is 0 Å². The summed E-state index contributed by atoms with van der Waals surface area (Å²) in [6.07, 6.45) is 8.72. The monoisotopic (exact) mass is 354 g/mol. The normalized spacial score (nSPS) is 10.7. The molecule has 0 amide bonds. The number of rotatable bonds is 5. The standard InChI is InChI=1S/C24H19FN2/c25-24-16-19(15-23(17-24)22-9-13-27-14-10-22)2-1-18-3-5-20(6-4-18)21-7-11-26-12-8-21/h3-17H,1-2H2. The summed E-state index contributed by atoms with van der Waals surface area (Å²) in [4.78, 5) is 8.08. The second kappa shape index (κ2) is 7.92. The summed E-state index contributed by atoms with van der Waals surface area (Å²) in [6, 6.07) is 21.6. The molecule has 132 valence electrons. The van der Waals surface area contributed by atoms with Crippen LogP contribution in [0.4, 0.5) is 4.39 Å². The average molecular weight is 354 g/mol. The van der Waals surface area contributed by atoms with Gasteiger partial charge in [-0.25, -0.2) is 4.39 Å². The number of aryl methyl sites for hydroxylation is 2. The number of aromatic nitrogens is 2. The Balaban J connectivity index is 1.48. The summed E-state index contributed by atoms with van der Waals surface area (Å²) >= 11 is 0. The minimum absolute atomic E-state index is 0.202. The lowest BCUT2D eigenvalue weighted by atomic mass is 9.98. The van der Waals surface area contributed by atoms with Crippen molar-refractivity contribution in [3.05, 3.63) is 108 Å². The second-order valence-electron chi connectivity index (χ2n) is 6.52. The van der Waals surface area contributed by atoms with Gasteiger partial charge in [0.05, 0.1) is 0 Å². The molecule has 2 aromatic heterocycles. The maximum atomic E-state index is 14.1. The topological polar surface area (TPSA) is 25.8 Å². The zero-order valence-corrected chi connectivity index (χ0v) is 14.8. The smallest absolute Gasteiger partial charge is 0.124 e. The molecule has 0 aliphatic carbocycles. The van der Waals surface area contributed by atoms with Crippen molar-refractivity contribution < 1.29 is 4.39 Å². The molecule has 0 aliphatic heterocycles. The highest BCUT2D eigenvalue weighted by molar-refractivity contribution is 5.64. The molecule has 0 aliphatic rings. The van der Waals surface area contributed by atoms with E-state index in [2.05, 4.69) is 40.3 Å². The largest absolute Gasteiger partial charge is 0.265 e. The molecule has 2 nitrogen and oxygen atoms in total. The van der Waals surface area contributed by atoms with E-state index in [4.69, 9.17) is 0 Å². The van der Waals surface area contributed by atoms with E-state index in [0.717, 1.165) is 35.1 Å². The van der Waals surface area contributed by atoms with Crippen molar-refractivity contribution in [1.82, 2.24) is 9.97 Å². The van der Waals surface area contributed by atoms with Crippen LogP contribution < -0.4 is 0 Å². The Kier molecular flexibility index (Phi) is 5.01. The van der Waals surface area contributed by atoms with Crippen LogP contribution in [0.1, 0.15) is 11.1 Å². The molecule has 0 saturated heterocycles. The van der Waals surface area contributed by atoms with Crippen LogP contribution in [0.2, 0.25) is 0 Å². The first-order chi connectivity index (χ1) is 13.3. The quantitative estimate of drug-likeness (QED) is 0.457. The second-order valence-corrected chi connectivity index (χ2v) is 6.52. The first kappa shape index (κ1) is 17.1. The van der Waals surface area contributed by atoms with Gasteiger partial charge in [-0.3, -0.25) is 9.97 Å². The van der Waals surface area contributed by atoms with Gasteiger partial charge in [0.1, 0.15) is 5.82 Å². The Hall–Kier alpha value is -3.33. The molecule has 4 aromatic rings. The van der Waals surface area contributed by atoms with E-state index < -0.39 is 0 Å². The lowest BCUT2D eigenvalue weighted by Crippen LogP contribution is -1.94. The summed E-state index contributed by atoms with van der Waals surface area (Å²) in [5.41, 5.74) is 6.44. The van der Waals surface area contributed by atoms with E-state index in [0.29, 0.717) is 0 Å². The van der Waals surface area contributed by atoms with E-state index in [1.54, 1.807) is 36.9 Å². The highest BCUT2D eigenvalue weighted by Gasteiger charge is 2.05. The number of nitrogens with zero attached hydrogens (tertiary/aromatic N) is 2. The summed E-state index contributed by atoms with van der Waals surface area (Å²) in [7, 11) is 0. The highest BCUT2D eigenvalue weighted by Crippen LogP contribution is 2.23. The molecule has 0 saturated carbocycles. The Morgan fingerprint density at radius 2 is 1.04 bits per heavy atom. The van der Waals surface area contributed by atoms with Crippen molar-refractivity contribution in [1.29, 1.82) is 0 Å². The lowest BCUT2D eigenvalue weighted by molar-refractivity contribution is 0.625. The summed E-state index contributed by atoms with van der Waals surface area (Å²) in [6.45, 7) is 0. The Morgan fingerprint density at radius 1 is 0.519 bits per heavy atom. The number of hydrogen-bond acceptors (Lipinski definition) is 2. The van der Waals surface area contributed by atoms with Crippen LogP contribution in [-0.4, -0.2) is 9.97 Å². The number of benzene rings is 2.